The van der Waals surface area contributed by atoms with Gasteiger partial charge in [0, 0.05) is 43.8 Å². The van der Waals surface area contributed by atoms with E-state index in [1.54, 1.807) is 0 Å². The number of nitrogens with one attached hydrogen (secondary N) is 1. The lowest BCUT2D eigenvalue weighted by Crippen LogP contribution is -2.48. The zero-order valence-corrected chi connectivity index (χ0v) is 25.4. The Morgan fingerprint density at radius 1 is 1.21 bits per heavy atom. The molecule has 1 amide bonds. The van der Waals surface area contributed by atoms with Gasteiger partial charge in [0.25, 0.3) is 0 Å². The fourth-order valence-electron chi connectivity index (χ4n) is 5.98. The molecule has 3 N–H and O–H groups in total. The maximum Gasteiger partial charge on any atom is 0.236 e. The summed E-state index contributed by atoms with van der Waals surface area (Å²) in [5, 5.41) is 3.33. The van der Waals surface area contributed by atoms with Crippen LogP contribution in [0.15, 0.2) is 30.0 Å². The molecule has 2 heterocycles. The number of carbonyl (C=O) groups is 1. The minimum absolute atomic E-state index is 0.0756. The van der Waals surface area contributed by atoms with Crippen LogP contribution >= 0.6 is 0 Å². The van der Waals surface area contributed by atoms with E-state index in [1.165, 1.54) is 11.1 Å². The largest absolute Gasteiger partial charge is 0.493 e. The van der Waals surface area contributed by atoms with E-state index in [-0.39, 0.29) is 11.4 Å². The summed E-state index contributed by atoms with van der Waals surface area (Å²) in [5.74, 6) is 1.72. The molecule has 0 spiro atoms. The van der Waals surface area contributed by atoms with Crippen molar-refractivity contribution in [3.8, 4) is 5.75 Å². The summed E-state index contributed by atoms with van der Waals surface area (Å²) in [4.78, 5) is 20.6. The van der Waals surface area contributed by atoms with Gasteiger partial charge in [0.1, 0.15) is 5.75 Å². The molecule has 7 nitrogen and oxygen atoms in total. The molecule has 1 aromatic carbocycles. The van der Waals surface area contributed by atoms with E-state index in [9.17, 15) is 4.79 Å². The van der Waals surface area contributed by atoms with E-state index in [0.29, 0.717) is 12.5 Å². The number of carbonyl (C=O) groups excluding carboxylic acids is 1. The molecular weight excluding hydrogens is 486 g/mol. The Morgan fingerprint density at radius 3 is 2.72 bits per heavy atom. The summed E-state index contributed by atoms with van der Waals surface area (Å²) in [6.45, 7) is 13.4. The van der Waals surface area contributed by atoms with Gasteiger partial charge in [-0.05, 0) is 95.7 Å². The number of rotatable bonds is 17. The zero-order chi connectivity index (χ0) is 28.3. The van der Waals surface area contributed by atoms with E-state index >= 15 is 0 Å². The maximum atomic E-state index is 13.7. The van der Waals surface area contributed by atoms with E-state index in [4.69, 9.17) is 10.5 Å². The van der Waals surface area contributed by atoms with Crippen molar-refractivity contribution in [1.29, 1.82) is 0 Å². The summed E-state index contributed by atoms with van der Waals surface area (Å²) in [6.07, 6.45) is 10.3. The number of amides is 1. The highest BCUT2D eigenvalue weighted by molar-refractivity contribution is 5.78. The van der Waals surface area contributed by atoms with Crippen molar-refractivity contribution in [3.05, 3.63) is 41.1 Å². The van der Waals surface area contributed by atoms with Gasteiger partial charge in [-0.25, -0.2) is 0 Å². The second kappa shape index (κ2) is 15.6. The number of ether oxygens (including phenoxy) is 1. The van der Waals surface area contributed by atoms with Crippen LogP contribution in [0.5, 0.6) is 5.75 Å². The topological polar surface area (TPSA) is 74.1 Å². The Hall–Kier alpha value is -2.09. The quantitative estimate of drug-likeness (QED) is 0.285. The lowest BCUT2D eigenvalue weighted by Gasteiger charge is -2.36. The minimum atomic E-state index is -0.0756. The Labute approximate surface area is 238 Å². The number of hydrogen-bond donors (Lipinski definition) is 2. The van der Waals surface area contributed by atoms with Crippen molar-refractivity contribution in [2.75, 3.05) is 66.5 Å². The van der Waals surface area contributed by atoms with Gasteiger partial charge in [-0.2, -0.15) is 0 Å². The van der Waals surface area contributed by atoms with Gasteiger partial charge < -0.3 is 25.6 Å². The number of nitrogens with zero attached hydrogens (tertiary/aromatic N) is 3. The van der Waals surface area contributed by atoms with Gasteiger partial charge >= 0.3 is 0 Å². The van der Waals surface area contributed by atoms with Gasteiger partial charge in [0.2, 0.25) is 5.91 Å². The second-order valence-electron chi connectivity index (χ2n) is 12.1. The molecule has 39 heavy (non-hydrogen) atoms. The third kappa shape index (κ3) is 9.51. The van der Waals surface area contributed by atoms with Crippen LogP contribution in [0.1, 0.15) is 82.8 Å². The molecule has 2 aliphatic rings. The van der Waals surface area contributed by atoms with Gasteiger partial charge in [0.15, 0.2) is 0 Å². The third-order valence-electron chi connectivity index (χ3n) is 8.53. The Balaban J connectivity index is 1.73. The van der Waals surface area contributed by atoms with E-state index in [0.717, 1.165) is 109 Å². The first-order valence-corrected chi connectivity index (χ1v) is 15.3. The summed E-state index contributed by atoms with van der Waals surface area (Å²) < 4.78 is 5.76. The van der Waals surface area contributed by atoms with E-state index in [1.807, 2.05) is 0 Å². The van der Waals surface area contributed by atoms with Gasteiger partial charge in [0.05, 0.1) is 13.2 Å². The number of likely N-dealkylation sites (tertiary alicyclic amines) is 1. The molecule has 3 rings (SSSR count). The van der Waals surface area contributed by atoms with Crippen LogP contribution in [0.4, 0.5) is 0 Å². The number of benzene rings is 1. The van der Waals surface area contributed by atoms with Gasteiger partial charge in [-0.3, -0.25) is 9.69 Å². The molecule has 1 aromatic rings. The van der Waals surface area contributed by atoms with Crippen molar-refractivity contribution in [2.45, 2.75) is 83.6 Å². The average Bonchev–Trinajstić information content (AvgIpc) is 3.51. The Bertz CT molecular complexity index is 933. The monoisotopic (exact) mass is 541 g/mol. The van der Waals surface area contributed by atoms with Crippen LogP contribution in [0.25, 0.3) is 0 Å². The van der Waals surface area contributed by atoms with Crippen LogP contribution in [-0.2, 0) is 11.2 Å². The number of allylic oxidation sites excluding steroid dienone is 1. The molecule has 220 valence electrons. The Morgan fingerprint density at radius 2 is 1.97 bits per heavy atom. The van der Waals surface area contributed by atoms with Crippen molar-refractivity contribution >= 4 is 5.91 Å². The summed E-state index contributed by atoms with van der Waals surface area (Å²) in [5.41, 5.74) is 9.97. The van der Waals surface area contributed by atoms with Crippen LogP contribution in [0, 0.1) is 0 Å². The maximum absolute atomic E-state index is 13.7. The highest BCUT2D eigenvalue weighted by atomic mass is 16.5. The zero-order valence-electron chi connectivity index (χ0n) is 25.4. The SMILES string of the molecule is CCCCN(CCCCN(C)C)C(=O)CN1C[C@H](c2ccc3c(c2)CCO3)CC1(C)CC/C(N)=C/CNCC. The predicted molar refractivity (Wildman–Crippen MR) is 162 cm³/mol. The number of nitrogens with two attached hydrogens (primary N) is 1. The molecular formula is C32H55N5O2. The number of unbranched alkanes of at least 4 members (excludes halogenated alkanes) is 2. The fraction of sp³-hybridized carbons (Fsp3) is 0.719. The van der Waals surface area contributed by atoms with Crippen LogP contribution < -0.4 is 15.8 Å². The first-order chi connectivity index (χ1) is 18.8. The normalized spacial score (nSPS) is 21.4. The summed E-state index contributed by atoms with van der Waals surface area (Å²) >= 11 is 0. The molecule has 0 aliphatic carbocycles. The number of fused-ring (bicyclic) bond motifs is 1. The fourth-order valence-corrected chi connectivity index (χ4v) is 5.98. The molecule has 1 fully saturated rings. The van der Waals surface area contributed by atoms with Gasteiger partial charge in [-0.15, -0.1) is 0 Å². The molecule has 1 saturated heterocycles. The van der Waals surface area contributed by atoms with E-state index in [2.05, 4.69) is 79.2 Å². The summed E-state index contributed by atoms with van der Waals surface area (Å²) in [6, 6.07) is 6.73. The highest BCUT2D eigenvalue weighted by Crippen LogP contribution is 2.43. The van der Waals surface area contributed by atoms with Crippen molar-refractivity contribution in [2.24, 2.45) is 5.73 Å². The number of likely N-dealkylation sites (N-methyl/N-ethyl adjacent to an activating group) is 1. The predicted octanol–water partition coefficient (Wildman–Crippen LogP) is 4.37. The lowest BCUT2D eigenvalue weighted by atomic mass is 9.85. The standard InChI is InChI=1S/C32H55N5O2/c1-6-8-19-36(20-10-9-18-35(4)5)31(38)25-37-24-28(26-11-12-30-27(22-26)15-21-39-30)23-32(37,3)16-13-29(33)14-17-34-7-2/h11-12,14,22,28,34H,6-10,13,15-21,23-25,33H2,1-5H3/b29-14-/t28-,32?/m1/s1. The smallest absolute Gasteiger partial charge is 0.236 e. The molecule has 0 saturated carbocycles. The van der Waals surface area contributed by atoms with Crippen molar-refractivity contribution < 1.29 is 9.53 Å². The highest BCUT2D eigenvalue weighted by Gasteiger charge is 2.43. The second-order valence-corrected chi connectivity index (χ2v) is 12.1. The lowest BCUT2D eigenvalue weighted by molar-refractivity contribution is -0.133. The van der Waals surface area contributed by atoms with Gasteiger partial charge in [-0.1, -0.05) is 38.5 Å². The molecule has 1 unspecified atom stereocenters. The average molecular weight is 542 g/mol. The van der Waals surface area contributed by atoms with Crippen LogP contribution in [0.2, 0.25) is 0 Å². The van der Waals surface area contributed by atoms with E-state index < -0.39 is 0 Å². The summed E-state index contributed by atoms with van der Waals surface area (Å²) in [7, 11) is 4.22. The first-order valence-electron chi connectivity index (χ1n) is 15.3. The van der Waals surface area contributed by atoms with Crippen LogP contribution in [0.3, 0.4) is 0 Å². The third-order valence-corrected chi connectivity index (χ3v) is 8.53. The van der Waals surface area contributed by atoms with Crippen molar-refractivity contribution in [3.63, 3.8) is 0 Å². The molecule has 0 aromatic heterocycles. The molecule has 2 aliphatic heterocycles. The molecule has 0 radical (unpaired) electrons. The molecule has 2 atom stereocenters. The Kier molecular flexibility index (Phi) is 12.6. The van der Waals surface area contributed by atoms with Crippen molar-refractivity contribution in [1.82, 2.24) is 20.0 Å². The molecule has 7 heteroatoms. The minimum Gasteiger partial charge on any atom is -0.493 e. The molecule has 0 bridgehead atoms. The number of hydrogen-bond acceptors (Lipinski definition) is 6. The van der Waals surface area contributed by atoms with Crippen LogP contribution in [-0.4, -0.2) is 92.7 Å². The first kappa shape index (κ1) is 31.4.